The summed E-state index contributed by atoms with van der Waals surface area (Å²) >= 11 is 0. The molecule has 0 radical (unpaired) electrons. The SMILES string of the molecule is CC1=C[C@@H]([C@H]2CC(=O)N(c3ccc(C)c(C)c3)C2=O)CC2=C1C(=O)N(c1ccc(C)c(C)c1)C2=O. The van der Waals surface area contributed by atoms with Gasteiger partial charge >= 0.3 is 0 Å². The third-order valence-corrected chi connectivity index (χ3v) is 7.67. The van der Waals surface area contributed by atoms with Crippen LogP contribution in [0.1, 0.15) is 42.0 Å². The van der Waals surface area contributed by atoms with Crippen LogP contribution in [0.2, 0.25) is 0 Å². The number of aryl methyl sites for hydroxylation is 4. The van der Waals surface area contributed by atoms with E-state index >= 15 is 0 Å². The van der Waals surface area contributed by atoms with E-state index in [0.717, 1.165) is 22.3 Å². The van der Waals surface area contributed by atoms with Gasteiger partial charge in [-0.05, 0) is 99.0 Å². The molecule has 4 amide bonds. The van der Waals surface area contributed by atoms with E-state index in [-0.39, 0.29) is 42.4 Å². The van der Waals surface area contributed by atoms with Crippen molar-refractivity contribution >= 4 is 35.0 Å². The number of allylic oxidation sites excluding steroid dienone is 1. The molecule has 0 saturated carbocycles. The largest absolute Gasteiger partial charge is 0.274 e. The first-order chi connectivity index (χ1) is 16.6. The Labute approximate surface area is 204 Å². The number of nitrogens with zero attached hydrogens (tertiary/aromatic N) is 2. The fraction of sp³-hybridized carbons (Fsp3) is 0.310. The molecule has 2 aromatic carbocycles. The van der Waals surface area contributed by atoms with E-state index in [1.807, 2.05) is 58.0 Å². The van der Waals surface area contributed by atoms with Crippen LogP contribution >= 0.6 is 0 Å². The number of carbonyl (C=O) groups excluding carboxylic acids is 4. The highest BCUT2D eigenvalue weighted by Gasteiger charge is 2.48. The zero-order valence-corrected chi connectivity index (χ0v) is 20.6. The summed E-state index contributed by atoms with van der Waals surface area (Å²) in [5.41, 5.74) is 6.86. The van der Waals surface area contributed by atoms with Crippen molar-refractivity contribution in [2.75, 3.05) is 9.80 Å². The molecule has 0 N–H and O–H groups in total. The summed E-state index contributed by atoms with van der Waals surface area (Å²) in [6.07, 6.45) is 2.25. The molecular weight excluding hydrogens is 440 g/mol. The molecular formula is C29H28N2O4. The summed E-state index contributed by atoms with van der Waals surface area (Å²) in [5.74, 6) is -2.04. The number of amides is 4. The molecule has 0 bridgehead atoms. The van der Waals surface area contributed by atoms with Crippen LogP contribution in [0.4, 0.5) is 11.4 Å². The van der Waals surface area contributed by atoms with Gasteiger partial charge in [-0.2, -0.15) is 0 Å². The van der Waals surface area contributed by atoms with Crippen LogP contribution in [0.15, 0.2) is 59.2 Å². The summed E-state index contributed by atoms with van der Waals surface area (Å²) in [6.45, 7) is 9.67. The average Bonchev–Trinajstić information content (AvgIpc) is 3.24. The summed E-state index contributed by atoms with van der Waals surface area (Å²) in [4.78, 5) is 55.5. The van der Waals surface area contributed by atoms with Crippen LogP contribution in [0.25, 0.3) is 0 Å². The van der Waals surface area contributed by atoms with Gasteiger partial charge in [0.05, 0.1) is 22.9 Å². The maximum absolute atomic E-state index is 13.4. The second-order valence-corrected chi connectivity index (χ2v) is 9.93. The molecule has 0 aromatic heterocycles. The molecule has 6 nitrogen and oxygen atoms in total. The predicted octanol–water partition coefficient (Wildman–Crippen LogP) is 4.64. The van der Waals surface area contributed by atoms with E-state index in [4.69, 9.17) is 0 Å². The van der Waals surface area contributed by atoms with Crippen LogP contribution in [-0.4, -0.2) is 23.6 Å². The fourth-order valence-electron chi connectivity index (χ4n) is 5.35. The molecule has 2 heterocycles. The van der Waals surface area contributed by atoms with Gasteiger partial charge in [0.1, 0.15) is 0 Å². The smallest absolute Gasteiger partial charge is 0.266 e. The monoisotopic (exact) mass is 468 g/mol. The minimum atomic E-state index is -0.563. The molecule has 2 atom stereocenters. The first-order valence-corrected chi connectivity index (χ1v) is 11.9. The molecule has 5 rings (SSSR count). The number of imide groups is 2. The number of carbonyl (C=O) groups is 4. The highest BCUT2D eigenvalue weighted by Crippen LogP contribution is 2.43. The molecule has 2 aromatic rings. The van der Waals surface area contributed by atoms with Gasteiger partial charge in [-0.1, -0.05) is 18.2 Å². The third-order valence-electron chi connectivity index (χ3n) is 7.67. The second-order valence-electron chi connectivity index (χ2n) is 9.93. The zero-order chi connectivity index (χ0) is 25.2. The second kappa shape index (κ2) is 8.15. The van der Waals surface area contributed by atoms with Gasteiger partial charge in [-0.3, -0.25) is 24.1 Å². The number of hydrogen-bond donors (Lipinski definition) is 0. The van der Waals surface area contributed by atoms with Crippen molar-refractivity contribution in [2.24, 2.45) is 11.8 Å². The van der Waals surface area contributed by atoms with Crippen LogP contribution in [0.3, 0.4) is 0 Å². The van der Waals surface area contributed by atoms with Crippen molar-refractivity contribution in [3.8, 4) is 0 Å². The van der Waals surface area contributed by atoms with Crippen LogP contribution in [0, 0.1) is 39.5 Å². The Morgan fingerprint density at radius 3 is 1.83 bits per heavy atom. The molecule has 35 heavy (non-hydrogen) atoms. The Hall–Kier alpha value is -3.80. The number of hydrogen-bond acceptors (Lipinski definition) is 4. The summed E-state index contributed by atoms with van der Waals surface area (Å²) in [5, 5.41) is 0. The van der Waals surface area contributed by atoms with E-state index in [2.05, 4.69) is 0 Å². The molecule has 1 saturated heterocycles. The molecule has 178 valence electrons. The van der Waals surface area contributed by atoms with Crippen LogP contribution in [0.5, 0.6) is 0 Å². The van der Waals surface area contributed by atoms with Gasteiger partial charge in [0.25, 0.3) is 11.8 Å². The Balaban J connectivity index is 1.42. The molecule has 1 aliphatic carbocycles. The fourth-order valence-corrected chi connectivity index (χ4v) is 5.35. The van der Waals surface area contributed by atoms with Crippen molar-refractivity contribution in [1.82, 2.24) is 0 Å². The topological polar surface area (TPSA) is 74.8 Å². The maximum atomic E-state index is 13.4. The van der Waals surface area contributed by atoms with Gasteiger partial charge in [0.2, 0.25) is 11.8 Å². The molecule has 0 spiro atoms. The van der Waals surface area contributed by atoms with Crippen molar-refractivity contribution < 1.29 is 19.2 Å². The van der Waals surface area contributed by atoms with E-state index < -0.39 is 5.92 Å². The van der Waals surface area contributed by atoms with Gasteiger partial charge in [-0.25, -0.2) is 4.90 Å². The van der Waals surface area contributed by atoms with Gasteiger partial charge in [0.15, 0.2) is 0 Å². The van der Waals surface area contributed by atoms with Gasteiger partial charge in [0, 0.05) is 12.0 Å². The zero-order valence-electron chi connectivity index (χ0n) is 20.6. The van der Waals surface area contributed by atoms with Crippen molar-refractivity contribution in [1.29, 1.82) is 0 Å². The molecule has 3 aliphatic rings. The minimum absolute atomic E-state index is 0.0891. The van der Waals surface area contributed by atoms with E-state index in [1.54, 1.807) is 19.1 Å². The first-order valence-electron chi connectivity index (χ1n) is 11.9. The van der Waals surface area contributed by atoms with Crippen molar-refractivity contribution in [3.63, 3.8) is 0 Å². The van der Waals surface area contributed by atoms with Gasteiger partial charge in [-0.15, -0.1) is 0 Å². The lowest BCUT2D eigenvalue weighted by Gasteiger charge is -2.24. The molecule has 6 heteroatoms. The minimum Gasteiger partial charge on any atom is -0.274 e. The summed E-state index contributed by atoms with van der Waals surface area (Å²) in [7, 11) is 0. The normalized spacial score (nSPS) is 22.4. The lowest BCUT2D eigenvalue weighted by atomic mass is 9.78. The Morgan fingerprint density at radius 2 is 1.26 bits per heavy atom. The van der Waals surface area contributed by atoms with Crippen molar-refractivity contribution in [2.45, 2.75) is 47.5 Å². The molecule has 2 aliphatic heterocycles. The predicted molar refractivity (Wildman–Crippen MR) is 134 cm³/mol. The number of anilines is 2. The number of rotatable bonds is 3. The molecule has 1 fully saturated rings. The first kappa shape index (κ1) is 23.0. The quantitative estimate of drug-likeness (QED) is 0.616. The van der Waals surface area contributed by atoms with Crippen molar-refractivity contribution in [3.05, 3.63) is 81.4 Å². The van der Waals surface area contributed by atoms with Crippen LogP contribution in [-0.2, 0) is 19.2 Å². The Bertz CT molecular complexity index is 1400. The summed E-state index contributed by atoms with van der Waals surface area (Å²) < 4.78 is 0. The molecule has 0 unspecified atom stereocenters. The number of benzene rings is 2. The Morgan fingerprint density at radius 1 is 0.686 bits per heavy atom. The lowest BCUT2D eigenvalue weighted by Crippen LogP contribution is -2.33. The highest BCUT2D eigenvalue weighted by molar-refractivity contribution is 6.34. The maximum Gasteiger partial charge on any atom is 0.266 e. The summed E-state index contributed by atoms with van der Waals surface area (Å²) in [6, 6.07) is 11.1. The third kappa shape index (κ3) is 3.55. The van der Waals surface area contributed by atoms with Gasteiger partial charge < -0.3 is 0 Å². The average molecular weight is 469 g/mol. The van der Waals surface area contributed by atoms with E-state index in [9.17, 15) is 19.2 Å². The highest BCUT2D eigenvalue weighted by atomic mass is 16.2. The lowest BCUT2D eigenvalue weighted by molar-refractivity contribution is -0.123. The van der Waals surface area contributed by atoms with Crippen LogP contribution < -0.4 is 9.80 Å². The van der Waals surface area contributed by atoms with E-state index in [0.29, 0.717) is 28.1 Å². The Kier molecular flexibility index (Phi) is 5.35. The standard InChI is InChI=1S/C29H28N2O4/c1-15-6-8-21(11-17(15)3)30-25(32)14-23(27(30)33)20-10-19(5)26-24(13-20)28(34)31(29(26)35)22-9-7-16(2)18(4)12-22/h6-12,20,23H,13-14H2,1-5H3/t20-,23-/m1/s1. The van der Waals surface area contributed by atoms with E-state index in [1.165, 1.54) is 9.80 Å².